The van der Waals surface area contributed by atoms with Gasteiger partial charge in [-0.3, -0.25) is 0 Å². The van der Waals surface area contributed by atoms with Gasteiger partial charge >= 0.3 is 0 Å². The van der Waals surface area contributed by atoms with Crippen LogP contribution in [0.25, 0.3) is 0 Å². The van der Waals surface area contributed by atoms with Crippen molar-refractivity contribution in [2.75, 3.05) is 0 Å². The first-order chi connectivity index (χ1) is 8.95. The Morgan fingerprint density at radius 1 is 0.389 bits per heavy atom. The van der Waals surface area contributed by atoms with E-state index in [0.717, 1.165) is 11.6 Å². The van der Waals surface area contributed by atoms with Gasteiger partial charge in [-0.2, -0.15) is 0 Å². The Labute approximate surface area is 116 Å². The maximum atomic E-state index is 1.56. The van der Waals surface area contributed by atoms with E-state index in [-0.39, 0.29) is 0 Å². The lowest BCUT2D eigenvalue weighted by atomic mass is 9.28. The van der Waals surface area contributed by atoms with E-state index in [4.69, 9.17) is 0 Å². The molecule has 2 aliphatic carbocycles. The molecule has 18 heavy (non-hydrogen) atoms. The van der Waals surface area contributed by atoms with Gasteiger partial charge in [0, 0.05) is 0 Å². The maximum Gasteiger partial charge on any atom is 0.0908 e. The topological polar surface area (TPSA) is 0 Å². The molecular weight excluding hydrogens is 214 g/mol. The highest BCUT2D eigenvalue weighted by atomic mass is 14.1. The van der Waals surface area contributed by atoms with E-state index < -0.39 is 0 Å². The van der Waals surface area contributed by atoms with Crippen molar-refractivity contribution in [3.05, 3.63) is 0 Å². The second-order valence-corrected chi connectivity index (χ2v) is 7.00. The predicted octanol–water partition coefficient (Wildman–Crippen LogP) is 4.84. The SMILES string of the molecule is B(BC1CCCCCCC1)C1CCCCCCC1. The second-order valence-electron chi connectivity index (χ2n) is 7.00. The molecule has 0 radical (unpaired) electrons. The lowest BCUT2D eigenvalue weighted by molar-refractivity contribution is 0.498. The third-order valence-electron chi connectivity index (χ3n) is 5.43. The van der Waals surface area contributed by atoms with Crippen molar-refractivity contribution in [3.63, 3.8) is 0 Å². The molecule has 0 aliphatic heterocycles. The highest BCUT2D eigenvalue weighted by Gasteiger charge is 2.18. The van der Waals surface area contributed by atoms with Crippen LogP contribution in [0, 0.1) is 0 Å². The zero-order valence-corrected chi connectivity index (χ0v) is 12.5. The van der Waals surface area contributed by atoms with Crippen molar-refractivity contribution in [1.29, 1.82) is 0 Å². The molecular formula is C16H32B2. The predicted molar refractivity (Wildman–Crippen MR) is 86.4 cm³/mol. The van der Waals surface area contributed by atoms with Crippen LogP contribution in [0.5, 0.6) is 0 Å². The fourth-order valence-corrected chi connectivity index (χ4v) is 4.13. The third kappa shape index (κ3) is 5.85. The first-order valence-electron chi connectivity index (χ1n) is 8.95. The molecule has 0 aromatic heterocycles. The van der Waals surface area contributed by atoms with Gasteiger partial charge in [-0.15, -0.1) is 0 Å². The van der Waals surface area contributed by atoms with Crippen LogP contribution in [0.15, 0.2) is 0 Å². The Morgan fingerprint density at radius 2 is 0.667 bits per heavy atom. The molecule has 2 aliphatic rings. The first-order valence-corrected chi connectivity index (χ1v) is 8.95. The van der Waals surface area contributed by atoms with Gasteiger partial charge in [-0.05, 0) is 0 Å². The van der Waals surface area contributed by atoms with Gasteiger partial charge in [0.25, 0.3) is 0 Å². The van der Waals surface area contributed by atoms with E-state index in [2.05, 4.69) is 0 Å². The lowest BCUT2D eigenvalue weighted by Gasteiger charge is -2.22. The van der Waals surface area contributed by atoms with Crippen LogP contribution in [0.1, 0.15) is 89.9 Å². The summed E-state index contributed by atoms with van der Waals surface area (Å²) in [7, 11) is 3.12. The molecule has 0 aromatic carbocycles. The summed E-state index contributed by atoms with van der Waals surface area (Å²) in [6.45, 7) is 0. The summed E-state index contributed by atoms with van der Waals surface area (Å²) in [6.07, 6.45) is 21.4. The van der Waals surface area contributed by atoms with Crippen molar-refractivity contribution in [2.24, 2.45) is 0 Å². The van der Waals surface area contributed by atoms with Crippen LogP contribution >= 0.6 is 0 Å². The Morgan fingerprint density at radius 3 is 1.00 bits per heavy atom. The van der Waals surface area contributed by atoms with Gasteiger partial charge in [-0.1, -0.05) is 102 Å². The molecule has 0 nitrogen and oxygen atoms in total. The van der Waals surface area contributed by atoms with E-state index in [1.807, 2.05) is 0 Å². The lowest BCUT2D eigenvalue weighted by Crippen LogP contribution is -2.19. The molecule has 102 valence electrons. The number of hydrogen-bond acceptors (Lipinski definition) is 0. The average molecular weight is 246 g/mol. The molecule has 2 rings (SSSR count). The summed E-state index contributed by atoms with van der Waals surface area (Å²) in [4.78, 5) is 0. The summed E-state index contributed by atoms with van der Waals surface area (Å²) >= 11 is 0. The third-order valence-corrected chi connectivity index (χ3v) is 5.43. The summed E-state index contributed by atoms with van der Waals surface area (Å²) in [6, 6.07) is 0. The van der Waals surface area contributed by atoms with E-state index in [1.165, 1.54) is 64.2 Å². The Balaban J connectivity index is 1.64. The summed E-state index contributed by atoms with van der Waals surface area (Å²) < 4.78 is 0. The second kappa shape index (κ2) is 9.10. The van der Waals surface area contributed by atoms with Crippen molar-refractivity contribution in [3.8, 4) is 0 Å². The standard InChI is InChI=1S/C16H32B2/c1-3-7-11-15(12-8-4-1)17-18-16-13-9-5-2-6-10-14-16/h15-18H,1-14H2. The van der Waals surface area contributed by atoms with E-state index >= 15 is 0 Å². The molecule has 2 fully saturated rings. The van der Waals surface area contributed by atoms with Gasteiger partial charge in [0.1, 0.15) is 0 Å². The molecule has 2 saturated carbocycles. The van der Waals surface area contributed by atoms with Crippen LogP contribution in [-0.2, 0) is 0 Å². The Bertz CT molecular complexity index is 167. The van der Waals surface area contributed by atoms with E-state index in [1.54, 1.807) is 40.0 Å². The molecule has 0 heterocycles. The number of rotatable bonds is 3. The van der Waals surface area contributed by atoms with Crippen LogP contribution in [0.3, 0.4) is 0 Å². The van der Waals surface area contributed by atoms with Gasteiger partial charge in [0.2, 0.25) is 0 Å². The molecule has 0 saturated heterocycles. The van der Waals surface area contributed by atoms with Crippen molar-refractivity contribution in [2.45, 2.75) is 102 Å². The largest absolute Gasteiger partial charge is 0.0908 e. The fourth-order valence-electron chi connectivity index (χ4n) is 4.13. The molecule has 0 bridgehead atoms. The minimum atomic E-state index is 1.09. The van der Waals surface area contributed by atoms with Gasteiger partial charge in [0.05, 0.1) is 14.3 Å². The van der Waals surface area contributed by atoms with Crippen LogP contribution < -0.4 is 0 Å². The minimum Gasteiger partial charge on any atom is -0.0733 e. The number of hydrogen-bond donors (Lipinski definition) is 0. The van der Waals surface area contributed by atoms with Crippen molar-refractivity contribution >= 4 is 14.3 Å². The van der Waals surface area contributed by atoms with Gasteiger partial charge in [-0.25, -0.2) is 0 Å². The first kappa shape index (κ1) is 14.5. The Hall–Kier alpha value is 0.130. The minimum absolute atomic E-state index is 1.09. The summed E-state index contributed by atoms with van der Waals surface area (Å²) in [5.41, 5.74) is 0. The smallest absolute Gasteiger partial charge is 0.0733 e. The monoisotopic (exact) mass is 246 g/mol. The zero-order chi connectivity index (χ0) is 12.5. The fraction of sp³-hybridized carbons (Fsp3) is 1.00. The van der Waals surface area contributed by atoms with Crippen LogP contribution in [-0.4, -0.2) is 14.3 Å². The summed E-state index contributed by atoms with van der Waals surface area (Å²) in [5, 5.41) is 0. The highest BCUT2D eigenvalue weighted by molar-refractivity contribution is 7.01. The highest BCUT2D eigenvalue weighted by Crippen LogP contribution is 2.29. The quantitative estimate of drug-likeness (QED) is 0.625. The molecule has 0 atom stereocenters. The van der Waals surface area contributed by atoms with Crippen molar-refractivity contribution < 1.29 is 0 Å². The molecule has 0 N–H and O–H groups in total. The summed E-state index contributed by atoms with van der Waals surface area (Å²) in [5.74, 6) is 2.19. The molecule has 0 unspecified atom stereocenters. The molecule has 0 amide bonds. The molecule has 0 spiro atoms. The van der Waals surface area contributed by atoms with E-state index in [9.17, 15) is 0 Å². The molecule has 2 heteroatoms. The van der Waals surface area contributed by atoms with Crippen LogP contribution in [0.2, 0.25) is 11.6 Å². The van der Waals surface area contributed by atoms with Gasteiger partial charge < -0.3 is 0 Å². The van der Waals surface area contributed by atoms with E-state index in [0.29, 0.717) is 0 Å². The van der Waals surface area contributed by atoms with Gasteiger partial charge in [0.15, 0.2) is 0 Å². The normalized spacial score (nSPS) is 25.6. The Kier molecular flexibility index (Phi) is 7.35. The average Bonchev–Trinajstić information content (AvgIpc) is 2.29. The zero-order valence-electron chi connectivity index (χ0n) is 12.5. The van der Waals surface area contributed by atoms with Crippen LogP contribution in [0.4, 0.5) is 0 Å². The maximum absolute atomic E-state index is 1.56. The van der Waals surface area contributed by atoms with Crippen molar-refractivity contribution in [1.82, 2.24) is 0 Å². The molecule has 0 aromatic rings.